The molecule has 0 aromatic carbocycles. The third kappa shape index (κ3) is 1.69. The van der Waals surface area contributed by atoms with E-state index < -0.39 is 0 Å². The van der Waals surface area contributed by atoms with Gasteiger partial charge in [-0.25, -0.2) is 0 Å². The Morgan fingerprint density at radius 2 is 2.27 bits per heavy atom. The molecule has 0 radical (unpaired) electrons. The lowest BCUT2D eigenvalue weighted by Gasteiger charge is -2.31. The first-order valence-electron chi connectivity index (χ1n) is 3.85. The molecule has 0 amide bonds. The number of hydrogen-bond donors (Lipinski definition) is 1. The van der Waals surface area contributed by atoms with Gasteiger partial charge in [-0.2, -0.15) is 0 Å². The summed E-state index contributed by atoms with van der Waals surface area (Å²) in [6.45, 7) is 3.84. The van der Waals surface area contributed by atoms with Gasteiger partial charge in [0.25, 0.3) is 0 Å². The number of morpholine rings is 1. The van der Waals surface area contributed by atoms with Crippen LogP contribution < -0.4 is 5.32 Å². The number of ether oxygens (including phenoxy) is 1. The highest BCUT2D eigenvalue weighted by atomic mass is 32.2. The molecule has 0 bridgehead atoms. The normalized spacial score (nSPS) is 32.2. The van der Waals surface area contributed by atoms with E-state index in [-0.39, 0.29) is 0 Å². The molecule has 2 rings (SSSR count). The second kappa shape index (κ2) is 3.47. The van der Waals surface area contributed by atoms with Crippen LogP contribution in [0, 0.1) is 0 Å². The van der Waals surface area contributed by atoms with Gasteiger partial charge in [-0.1, -0.05) is 11.8 Å². The molecule has 4 heteroatoms. The minimum Gasteiger partial charge on any atom is -0.379 e. The van der Waals surface area contributed by atoms with Crippen LogP contribution in [0.1, 0.15) is 0 Å². The lowest BCUT2D eigenvalue weighted by Crippen LogP contribution is -2.45. The Balaban J connectivity index is 1.83. The van der Waals surface area contributed by atoms with Gasteiger partial charge in [0.1, 0.15) is 5.50 Å². The summed E-state index contributed by atoms with van der Waals surface area (Å²) < 4.78 is 5.26. The summed E-state index contributed by atoms with van der Waals surface area (Å²) in [4.78, 5) is 2.40. The van der Waals surface area contributed by atoms with Crippen molar-refractivity contribution in [3.63, 3.8) is 0 Å². The number of nitrogens with one attached hydrogen (secondary N) is 1. The molecule has 1 fully saturated rings. The molecule has 0 aromatic heterocycles. The van der Waals surface area contributed by atoms with Crippen molar-refractivity contribution >= 4 is 11.8 Å². The second-order valence-corrected chi connectivity index (χ2v) is 3.60. The number of hydrogen-bond acceptors (Lipinski definition) is 4. The third-order valence-corrected chi connectivity index (χ3v) is 2.88. The summed E-state index contributed by atoms with van der Waals surface area (Å²) in [5.41, 5.74) is 0.457. The molecule has 2 aliphatic rings. The van der Waals surface area contributed by atoms with Gasteiger partial charge in [0.2, 0.25) is 0 Å². The maximum atomic E-state index is 5.26. The van der Waals surface area contributed by atoms with E-state index in [0.29, 0.717) is 5.50 Å². The van der Waals surface area contributed by atoms with Gasteiger partial charge in [0.05, 0.1) is 13.2 Å². The van der Waals surface area contributed by atoms with Gasteiger partial charge in [-0.05, 0) is 5.41 Å². The van der Waals surface area contributed by atoms with Crippen LogP contribution in [0.3, 0.4) is 0 Å². The van der Waals surface area contributed by atoms with Crippen molar-refractivity contribution in [2.75, 3.05) is 26.3 Å². The van der Waals surface area contributed by atoms with Crippen LogP contribution in [0.5, 0.6) is 0 Å². The summed E-state index contributed by atoms with van der Waals surface area (Å²) in [5, 5.41) is 5.38. The van der Waals surface area contributed by atoms with Crippen molar-refractivity contribution in [2.45, 2.75) is 5.50 Å². The van der Waals surface area contributed by atoms with Crippen LogP contribution in [0.2, 0.25) is 0 Å². The fourth-order valence-corrected chi connectivity index (χ4v) is 2.12. The molecule has 0 aromatic rings. The van der Waals surface area contributed by atoms with Gasteiger partial charge < -0.3 is 10.1 Å². The van der Waals surface area contributed by atoms with Crippen LogP contribution in [0.4, 0.5) is 0 Å². The summed E-state index contributed by atoms with van der Waals surface area (Å²) in [6, 6.07) is 0. The first kappa shape index (κ1) is 7.46. The lowest BCUT2D eigenvalue weighted by molar-refractivity contribution is 0.0302. The molecule has 2 heterocycles. The molecule has 1 atom stereocenters. The first-order chi connectivity index (χ1) is 5.47. The number of thioether (sulfide) groups is 1. The SMILES string of the molecule is C1=CSC(N2CCOCC2)N1. The molecular formula is C7H12N2OS. The van der Waals surface area contributed by atoms with Gasteiger partial charge >= 0.3 is 0 Å². The minimum absolute atomic E-state index is 0.457. The monoisotopic (exact) mass is 172 g/mol. The zero-order valence-electron chi connectivity index (χ0n) is 6.32. The standard InChI is InChI=1S/C7H12N2OS/c1-6-11-7(8-1)9-2-4-10-5-3-9/h1,6-8H,2-5H2. The van der Waals surface area contributed by atoms with E-state index in [1.807, 2.05) is 18.0 Å². The molecule has 1 saturated heterocycles. The average Bonchev–Trinajstić information content (AvgIpc) is 2.58. The quantitative estimate of drug-likeness (QED) is 0.619. The summed E-state index contributed by atoms with van der Waals surface area (Å²) >= 11 is 1.83. The van der Waals surface area contributed by atoms with Crippen molar-refractivity contribution in [3.05, 3.63) is 11.6 Å². The molecule has 1 N–H and O–H groups in total. The fourth-order valence-electron chi connectivity index (χ4n) is 1.28. The summed E-state index contributed by atoms with van der Waals surface area (Å²) in [5.74, 6) is 0. The Hall–Kier alpha value is -0.190. The van der Waals surface area contributed by atoms with Crippen LogP contribution in [-0.4, -0.2) is 36.7 Å². The average molecular weight is 172 g/mol. The van der Waals surface area contributed by atoms with Crippen molar-refractivity contribution in [1.82, 2.24) is 10.2 Å². The van der Waals surface area contributed by atoms with Crippen molar-refractivity contribution < 1.29 is 4.74 Å². The third-order valence-electron chi connectivity index (χ3n) is 1.89. The maximum Gasteiger partial charge on any atom is 0.132 e. The van der Waals surface area contributed by atoms with Gasteiger partial charge in [-0.3, -0.25) is 4.90 Å². The minimum atomic E-state index is 0.457. The Kier molecular flexibility index (Phi) is 2.35. The maximum absolute atomic E-state index is 5.26. The highest BCUT2D eigenvalue weighted by Crippen LogP contribution is 2.19. The van der Waals surface area contributed by atoms with E-state index >= 15 is 0 Å². The molecule has 2 aliphatic heterocycles. The first-order valence-corrected chi connectivity index (χ1v) is 4.79. The predicted octanol–water partition coefficient (Wildman–Crippen LogP) is 0.410. The topological polar surface area (TPSA) is 24.5 Å². The van der Waals surface area contributed by atoms with E-state index in [0.717, 1.165) is 26.3 Å². The summed E-state index contributed by atoms with van der Waals surface area (Å²) in [7, 11) is 0. The largest absolute Gasteiger partial charge is 0.379 e. The van der Waals surface area contributed by atoms with Crippen LogP contribution in [-0.2, 0) is 4.74 Å². The van der Waals surface area contributed by atoms with Crippen LogP contribution in [0.15, 0.2) is 11.6 Å². The number of rotatable bonds is 1. The van der Waals surface area contributed by atoms with E-state index in [2.05, 4.69) is 15.6 Å². The lowest BCUT2D eigenvalue weighted by atomic mass is 10.4. The second-order valence-electron chi connectivity index (χ2n) is 2.61. The van der Waals surface area contributed by atoms with E-state index in [9.17, 15) is 0 Å². The van der Waals surface area contributed by atoms with Crippen LogP contribution in [0.25, 0.3) is 0 Å². The molecule has 11 heavy (non-hydrogen) atoms. The zero-order chi connectivity index (χ0) is 7.52. The van der Waals surface area contributed by atoms with Crippen molar-refractivity contribution in [2.24, 2.45) is 0 Å². The Morgan fingerprint density at radius 3 is 2.91 bits per heavy atom. The highest BCUT2D eigenvalue weighted by molar-refractivity contribution is 8.02. The van der Waals surface area contributed by atoms with Crippen molar-refractivity contribution in [1.29, 1.82) is 0 Å². The molecule has 62 valence electrons. The molecule has 3 nitrogen and oxygen atoms in total. The van der Waals surface area contributed by atoms with Crippen LogP contribution >= 0.6 is 11.8 Å². The summed E-state index contributed by atoms with van der Waals surface area (Å²) in [6.07, 6.45) is 2.00. The van der Waals surface area contributed by atoms with Gasteiger partial charge in [-0.15, -0.1) is 0 Å². The molecular weight excluding hydrogens is 160 g/mol. The van der Waals surface area contributed by atoms with Gasteiger partial charge in [0, 0.05) is 19.3 Å². The number of nitrogens with zero attached hydrogens (tertiary/aromatic N) is 1. The van der Waals surface area contributed by atoms with E-state index in [1.165, 1.54) is 0 Å². The zero-order valence-corrected chi connectivity index (χ0v) is 7.14. The van der Waals surface area contributed by atoms with E-state index in [1.54, 1.807) is 0 Å². The molecule has 0 spiro atoms. The fraction of sp³-hybridized carbons (Fsp3) is 0.714. The molecule has 1 unspecified atom stereocenters. The molecule has 0 aliphatic carbocycles. The van der Waals surface area contributed by atoms with Crippen molar-refractivity contribution in [3.8, 4) is 0 Å². The Labute approximate surface area is 70.8 Å². The molecule has 0 saturated carbocycles. The van der Waals surface area contributed by atoms with Gasteiger partial charge in [0.15, 0.2) is 0 Å². The highest BCUT2D eigenvalue weighted by Gasteiger charge is 2.21. The Morgan fingerprint density at radius 1 is 1.45 bits per heavy atom. The predicted molar refractivity (Wildman–Crippen MR) is 46.0 cm³/mol. The van der Waals surface area contributed by atoms with E-state index in [4.69, 9.17) is 4.74 Å². The Bertz CT molecular complexity index is 149. The smallest absolute Gasteiger partial charge is 0.132 e.